The first-order valence-electron chi connectivity index (χ1n) is 3.91. The maximum Gasteiger partial charge on any atom is 0.350 e. The molecular weight excluding hydrogens is 168 g/mol. The van der Waals surface area contributed by atoms with Crippen LogP contribution in [-0.2, 0) is 0 Å². The van der Waals surface area contributed by atoms with Crippen molar-refractivity contribution in [3.8, 4) is 17.2 Å². The number of rotatable bonds is 1. The van der Waals surface area contributed by atoms with Crippen molar-refractivity contribution in [3.05, 3.63) is 30.1 Å². The van der Waals surface area contributed by atoms with Crippen molar-refractivity contribution in [1.82, 2.24) is 5.16 Å². The molecule has 66 valence electrons. The van der Waals surface area contributed by atoms with Gasteiger partial charge in [-0.3, -0.25) is 0 Å². The topological polar surface area (TPSA) is 60.4 Å². The van der Waals surface area contributed by atoms with E-state index in [0.29, 0.717) is 17.3 Å². The zero-order chi connectivity index (χ0) is 9.26. The Morgan fingerprint density at radius 3 is 2.77 bits per heavy atom. The summed E-state index contributed by atoms with van der Waals surface area (Å²) in [5, 5.41) is 13.2. The van der Waals surface area contributed by atoms with E-state index >= 15 is 0 Å². The zero-order valence-electron chi connectivity index (χ0n) is 7.11. The average Bonchev–Trinajstić information content (AvgIpc) is 2.53. The number of phenolic OH excluding ortho intramolecular Hbond substituents is 1. The van der Waals surface area contributed by atoms with Crippen molar-refractivity contribution in [2.24, 2.45) is 0 Å². The predicted octanol–water partition coefficient (Wildman–Crippen LogP) is 1.17. The Balaban J connectivity index is 2.52. The molecule has 0 atom stereocenters. The van der Waals surface area contributed by atoms with Crippen molar-refractivity contribution in [3.63, 3.8) is 0 Å². The predicted molar refractivity (Wildman–Crippen MR) is 44.9 cm³/mol. The van der Waals surface area contributed by atoms with Gasteiger partial charge in [0.1, 0.15) is 11.3 Å². The molecule has 0 saturated heterocycles. The summed E-state index contributed by atoms with van der Waals surface area (Å²) in [6.07, 6.45) is 0. The van der Waals surface area contributed by atoms with Crippen molar-refractivity contribution in [2.75, 3.05) is 0 Å². The number of hydrogen-bond acceptors (Lipinski definition) is 3. The molecule has 0 radical (unpaired) electrons. The molecule has 1 aromatic carbocycles. The second-order valence-electron chi connectivity index (χ2n) is 2.74. The van der Waals surface area contributed by atoms with Crippen LogP contribution in [0.1, 0.15) is 5.82 Å². The molecule has 13 heavy (non-hydrogen) atoms. The SMILES string of the molecule is Cc1noc(-c2ccccc2O)[nH+]1. The van der Waals surface area contributed by atoms with Gasteiger partial charge in [0.15, 0.2) is 5.16 Å². The Kier molecular flexibility index (Phi) is 1.73. The molecule has 1 heterocycles. The lowest BCUT2D eigenvalue weighted by Crippen LogP contribution is -2.04. The molecule has 0 fully saturated rings. The van der Waals surface area contributed by atoms with Gasteiger partial charge < -0.3 is 5.11 Å². The zero-order valence-corrected chi connectivity index (χ0v) is 7.11. The Labute approximate surface area is 74.8 Å². The Bertz CT molecular complexity index is 423. The Morgan fingerprint density at radius 1 is 1.38 bits per heavy atom. The number of aromatic hydroxyl groups is 1. The molecule has 4 heteroatoms. The molecule has 4 nitrogen and oxygen atoms in total. The van der Waals surface area contributed by atoms with Crippen LogP contribution in [0.3, 0.4) is 0 Å². The highest BCUT2D eigenvalue weighted by Gasteiger charge is 2.15. The van der Waals surface area contributed by atoms with Crippen molar-refractivity contribution >= 4 is 0 Å². The quantitative estimate of drug-likeness (QED) is 0.711. The number of benzene rings is 1. The summed E-state index contributed by atoms with van der Waals surface area (Å²) in [4.78, 5) is 2.90. The number of aromatic nitrogens is 2. The molecule has 2 rings (SSSR count). The molecule has 0 aliphatic heterocycles. The van der Waals surface area contributed by atoms with Crippen LogP contribution in [0.15, 0.2) is 28.8 Å². The minimum atomic E-state index is 0.176. The summed E-state index contributed by atoms with van der Waals surface area (Å²) in [7, 11) is 0. The second kappa shape index (κ2) is 2.90. The van der Waals surface area contributed by atoms with Gasteiger partial charge in [0.05, 0.1) is 0 Å². The molecular formula is C9H9N2O2+. The van der Waals surface area contributed by atoms with Crippen LogP contribution in [0, 0.1) is 6.92 Å². The molecule has 0 saturated carbocycles. The molecule has 0 amide bonds. The summed E-state index contributed by atoms with van der Waals surface area (Å²) < 4.78 is 4.97. The van der Waals surface area contributed by atoms with Gasteiger partial charge in [-0.15, -0.1) is 0 Å². The fraction of sp³-hybridized carbons (Fsp3) is 0.111. The first-order chi connectivity index (χ1) is 6.27. The largest absolute Gasteiger partial charge is 0.507 e. The molecule has 0 aliphatic carbocycles. The van der Waals surface area contributed by atoms with Gasteiger partial charge in [0.25, 0.3) is 0 Å². The summed E-state index contributed by atoms with van der Waals surface area (Å²) in [6.45, 7) is 1.78. The number of H-pyrrole nitrogens is 1. The fourth-order valence-corrected chi connectivity index (χ4v) is 1.11. The minimum Gasteiger partial charge on any atom is -0.507 e. The van der Waals surface area contributed by atoms with E-state index in [4.69, 9.17) is 4.52 Å². The van der Waals surface area contributed by atoms with E-state index in [1.54, 1.807) is 25.1 Å². The molecule has 0 spiro atoms. The van der Waals surface area contributed by atoms with Gasteiger partial charge in [-0.1, -0.05) is 12.1 Å². The van der Waals surface area contributed by atoms with Gasteiger partial charge in [-0.05, 0) is 12.1 Å². The van der Waals surface area contributed by atoms with Gasteiger partial charge in [0, 0.05) is 6.92 Å². The van der Waals surface area contributed by atoms with E-state index in [0.717, 1.165) is 0 Å². The molecule has 0 aliphatic rings. The number of nitrogens with zero attached hydrogens (tertiary/aromatic N) is 1. The average molecular weight is 177 g/mol. The van der Waals surface area contributed by atoms with Crippen LogP contribution in [-0.4, -0.2) is 10.3 Å². The standard InChI is InChI=1S/C9H8N2O2/c1-6-10-9(13-11-6)7-4-2-3-5-8(7)12/h2-5,12H,1H3/p+1. The third kappa shape index (κ3) is 1.38. The number of para-hydroxylation sites is 1. The van der Waals surface area contributed by atoms with E-state index in [2.05, 4.69) is 10.1 Å². The smallest absolute Gasteiger partial charge is 0.350 e. The molecule has 0 unspecified atom stereocenters. The summed E-state index contributed by atoms with van der Waals surface area (Å²) in [5.74, 6) is 1.32. The maximum absolute atomic E-state index is 9.47. The van der Waals surface area contributed by atoms with Crippen LogP contribution < -0.4 is 4.98 Å². The second-order valence-corrected chi connectivity index (χ2v) is 2.74. The van der Waals surface area contributed by atoms with E-state index in [1.807, 2.05) is 6.07 Å². The third-order valence-electron chi connectivity index (χ3n) is 1.72. The van der Waals surface area contributed by atoms with Crippen LogP contribution >= 0.6 is 0 Å². The molecule has 2 N–H and O–H groups in total. The summed E-state index contributed by atoms with van der Waals surface area (Å²) in [5.41, 5.74) is 0.614. The normalized spacial score (nSPS) is 10.2. The van der Waals surface area contributed by atoms with Gasteiger partial charge in [-0.2, -0.15) is 0 Å². The molecule has 2 aromatic rings. The first-order valence-corrected chi connectivity index (χ1v) is 3.91. The Morgan fingerprint density at radius 2 is 2.15 bits per heavy atom. The fourth-order valence-electron chi connectivity index (χ4n) is 1.11. The number of nitrogens with one attached hydrogen (secondary N) is 1. The minimum absolute atomic E-state index is 0.176. The maximum atomic E-state index is 9.47. The highest BCUT2D eigenvalue weighted by molar-refractivity contribution is 5.59. The lowest BCUT2D eigenvalue weighted by atomic mass is 10.2. The third-order valence-corrected chi connectivity index (χ3v) is 1.72. The monoisotopic (exact) mass is 177 g/mol. The van der Waals surface area contributed by atoms with E-state index < -0.39 is 0 Å². The Hall–Kier alpha value is -1.84. The van der Waals surface area contributed by atoms with E-state index in [9.17, 15) is 5.11 Å². The first kappa shape index (κ1) is 7.79. The highest BCUT2D eigenvalue weighted by Crippen LogP contribution is 2.24. The van der Waals surface area contributed by atoms with Crippen LogP contribution in [0.2, 0.25) is 0 Å². The van der Waals surface area contributed by atoms with Crippen molar-refractivity contribution in [1.29, 1.82) is 0 Å². The number of phenols is 1. The van der Waals surface area contributed by atoms with E-state index in [1.165, 1.54) is 0 Å². The molecule has 1 aromatic heterocycles. The van der Waals surface area contributed by atoms with Crippen LogP contribution in [0.4, 0.5) is 0 Å². The number of hydrogen-bond donors (Lipinski definition) is 1. The van der Waals surface area contributed by atoms with Gasteiger partial charge in [0.2, 0.25) is 0 Å². The van der Waals surface area contributed by atoms with Crippen LogP contribution in [0.25, 0.3) is 11.5 Å². The number of aromatic amines is 1. The highest BCUT2D eigenvalue weighted by atomic mass is 16.5. The molecule has 0 bridgehead atoms. The van der Waals surface area contributed by atoms with Crippen molar-refractivity contribution < 1.29 is 14.6 Å². The lowest BCUT2D eigenvalue weighted by molar-refractivity contribution is -0.379. The van der Waals surface area contributed by atoms with Gasteiger partial charge >= 0.3 is 11.7 Å². The summed E-state index contributed by atoms with van der Waals surface area (Å²) in [6, 6.07) is 6.93. The van der Waals surface area contributed by atoms with E-state index in [-0.39, 0.29) is 5.75 Å². The number of aryl methyl sites for hydroxylation is 1. The van der Waals surface area contributed by atoms with Crippen molar-refractivity contribution in [2.45, 2.75) is 6.92 Å². The summed E-state index contributed by atoms with van der Waals surface area (Å²) >= 11 is 0. The van der Waals surface area contributed by atoms with Crippen LogP contribution in [0.5, 0.6) is 5.75 Å². The van der Waals surface area contributed by atoms with Gasteiger partial charge in [-0.25, -0.2) is 9.51 Å². The lowest BCUT2D eigenvalue weighted by Gasteiger charge is -1.93.